The van der Waals surface area contributed by atoms with Crippen molar-refractivity contribution in [1.29, 1.82) is 0 Å². The predicted molar refractivity (Wildman–Crippen MR) is 88.9 cm³/mol. The van der Waals surface area contributed by atoms with Gasteiger partial charge in [0.15, 0.2) is 0 Å². The molecule has 2 unspecified atom stereocenters. The number of hydrogen-bond donors (Lipinski definition) is 0. The molecule has 1 aromatic heterocycles. The lowest BCUT2D eigenvalue weighted by atomic mass is 10.0. The topological polar surface area (TPSA) is 45.7 Å². The van der Waals surface area contributed by atoms with Crippen molar-refractivity contribution in [3.63, 3.8) is 0 Å². The van der Waals surface area contributed by atoms with Gasteiger partial charge in [0.1, 0.15) is 5.60 Å². The highest BCUT2D eigenvalue weighted by atomic mass is 79.9. The van der Waals surface area contributed by atoms with E-state index in [1.807, 2.05) is 31.9 Å². The minimum absolute atomic E-state index is 0.183. The van der Waals surface area contributed by atoms with E-state index >= 15 is 0 Å². The van der Waals surface area contributed by atoms with E-state index < -0.39 is 5.60 Å². The molecular formula is C16H22BrN3O2. The molecule has 6 heteroatoms. The zero-order valence-corrected chi connectivity index (χ0v) is 14.8. The number of ether oxygens (including phenoxy) is 1. The maximum absolute atomic E-state index is 12.2. The lowest BCUT2D eigenvalue weighted by Crippen LogP contribution is -2.37. The number of anilines is 1. The summed E-state index contributed by atoms with van der Waals surface area (Å²) >= 11 is 3.47. The van der Waals surface area contributed by atoms with Crippen LogP contribution in [-0.4, -0.2) is 47.8 Å². The molecule has 120 valence electrons. The summed E-state index contributed by atoms with van der Waals surface area (Å²) in [7, 11) is 0. The van der Waals surface area contributed by atoms with Gasteiger partial charge in [-0.1, -0.05) is 0 Å². The van der Waals surface area contributed by atoms with Gasteiger partial charge < -0.3 is 14.5 Å². The van der Waals surface area contributed by atoms with Crippen LogP contribution in [0.4, 0.5) is 10.5 Å². The maximum Gasteiger partial charge on any atom is 0.410 e. The average molecular weight is 368 g/mol. The molecule has 22 heavy (non-hydrogen) atoms. The number of fused-ring (bicyclic) bond motifs is 1. The zero-order valence-electron chi connectivity index (χ0n) is 13.3. The van der Waals surface area contributed by atoms with Gasteiger partial charge in [0, 0.05) is 48.7 Å². The summed E-state index contributed by atoms with van der Waals surface area (Å²) in [6, 6.07) is 2.10. The number of nitrogens with zero attached hydrogens (tertiary/aromatic N) is 3. The number of likely N-dealkylation sites (tertiary alicyclic amines) is 1. The first kappa shape index (κ1) is 15.6. The lowest BCUT2D eigenvalue weighted by Gasteiger charge is -2.26. The maximum atomic E-state index is 12.2. The second kappa shape index (κ2) is 5.72. The fourth-order valence-corrected chi connectivity index (χ4v) is 3.61. The third kappa shape index (κ3) is 3.37. The summed E-state index contributed by atoms with van der Waals surface area (Å²) in [5, 5.41) is 0. The fraction of sp³-hybridized carbons (Fsp3) is 0.625. The normalized spacial score (nSPS) is 24.5. The summed E-state index contributed by atoms with van der Waals surface area (Å²) in [5.74, 6) is 1.04. The highest BCUT2D eigenvalue weighted by molar-refractivity contribution is 9.10. The molecule has 1 amide bonds. The molecule has 0 aliphatic carbocycles. The monoisotopic (exact) mass is 367 g/mol. The van der Waals surface area contributed by atoms with E-state index in [-0.39, 0.29) is 6.09 Å². The van der Waals surface area contributed by atoms with E-state index in [0.29, 0.717) is 11.8 Å². The largest absolute Gasteiger partial charge is 0.444 e. The summed E-state index contributed by atoms with van der Waals surface area (Å²) in [5.41, 5.74) is 0.718. The van der Waals surface area contributed by atoms with E-state index in [2.05, 4.69) is 31.9 Å². The summed E-state index contributed by atoms with van der Waals surface area (Å²) < 4.78 is 6.47. The number of carbonyl (C=O) groups excluding carboxylic acids is 1. The Morgan fingerprint density at radius 1 is 1.23 bits per heavy atom. The van der Waals surface area contributed by atoms with Gasteiger partial charge in [-0.25, -0.2) is 4.79 Å². The Morgan fingerprint density at radius 3 is 2.41 bits per heavy atom. The van der Waals surface area contributed by atoms with E-state index in [1.165, 1.54) is 0 Å². The van der Waals surface area contributed by atoms with Crippen LogP contribution in [0.2, 0.25) is 0 Å². The third-order valence-electron chi connectivity index (χ3n) is 4.19. The third-order valence-corrected chi connectivity index (χ3v) is 4.63. The van der Waals surface area contributed by atoms with E-state index in [4.69, 9.17) is 4.74 Å². The number of rotatable bonds is 1. The van der Waals surface area contributed by atoms with E-state index in [1.54, 1.807) is 6.20 Å². The highest BCUT2D eigenvalue weighted by Crippen LogP contribution is 2.34. The number of carbonyl (C=O) groups is 1. The number of aromatic nitrogens is 1. The standard InChI is InChI=1S/C16H22BrN3O2/c1-16(2,3)22-15(21)20-9-11-7-19(8-12(11)10-20)14-4-13(17)5-18-6-14/h4-6,11-12H,7-10H2,1-3H3. The lowest BCUT2D eigenvalue weighted by molar-refractivity contribution is 0.0282. The molecular weight excluding hydrogens is 346 g/mol. The minimum Gasteiger partial charge on any atom is -0.444 e. The van der Waals surface area contributed by atoms with Crippen molar-refractivity contribution < 1.29 is 9.53 Å². The second-order valence-electron chi connectivity index (χ2n) is 7.17. The Morgan fingerprint density at radius 2 is 1.86 bits per heavy atom. The van der Waals surface area contributed by atoms with Gasteiger partial charge in [-0.15, -0.1) is 0 Å². The van der Waals surface area contributed by atoms with Crippen LogP contribution in [0.15, 0.2) is 22.9 Å². The Bertz CT molecular complexity index is 559. The van der Waals surface area contributed by atoms with Gasteiger partial charge in [0.05, 0.1) is 11.9 Å². The Kier molecular flexibility index (Phi) is 4.05. The van der Waals surface area contributed by atoms with Gasteiger partial charge in [0.25, 0.3) is 0 Å². The average Bonchev–Trinajstić information content (AvgIpc) is 2.94. The van der Waals surface area contributed by atoms with Gasteiger partial charge in [-0.05, 0) is 42.8 Å². The summed E-state index contributed by atoms with van der Waals surface area (Å²) in [6.45, 7) is 9.25. The highest BCUT2D eigenvalue weighted by Gasteiger charge is 2.42. The zero-order chi connectivity index (χ0) is 15.9. The SMILES string of the molecule is CC(C)(C)OC(=O)N1CC2CN(c3cncc(Br)c3)CC2C1. The van der Waals surface area contributed by atoms with Crippen molar-refractivity contribution in [2.24, 2.45) is 11.8 Å². The molecule has 0 saturated carbocycles. The second-order valence-corrected chi connectivity index (χ2v) is 8.09. The van der Waals surface area contributed by atoms with E-state index in [0.717, 1.165) is 36.3 Å². The molecule has 2 fully saturated rings. The van der Waals surface area contributed by atoms with Crippen LogP contribution in [0.1, 0.15) is 20.8 Å². The quantitative estimate of drug-likeness (QED) is 0.764. The molecule has 1 aromatic rings. The summed E-state index contributed by atoms with van der Waals surface area (Å²) in [6.07, 6.45) is 3.51. The molecule has 0 N–H and O–H groups in total. The predicted octanol–water partition coefficient (Wildman–Crippen LogP) is 3.15. The fourth-order valence-electron chi connectivity index (χ4n) is 3.25. The Balaban J connectivity index is 1.60. The molecule has 0 spiro atoms. The smallest absolute Gasteiger partial charge is 0.410 e. The number of amides is 1. The Hall–Kier alpha value is -1.30. The van der Waals surface area contributed by atoms with Crippen molar-refractivity contribution >= 4 is 27.7 Å². The van der Waals surface area contributed by atoms with Gasteiger partial charge >= 0.3 is 6.09 Å². The molecule has 5 nitrogen and oxygen atoms in total. The van der Waals surface area contributed by atoms with Crippen molar-refractivity contribution in [2.75, 3.05) is 31.1 Å². The number of pyridine rings is 1. The number of hydrogen-bond acceptors (Lipinski definition) is 4. The molecule has 2 atom stereocenters. The van der Waals surface area contributed by atoms with Crippen LogP contribution in [-0.2, 0) is 4.74 Å². The van der Waals surface area contributed by atoms with Crippen LogP contribution >= 0.6 is 15.9 Å². The first-order valence-corrected chi connectivity index (χ1v) is 8.44. The van der Waals surface area contributed by atoms with E-state index in [9.17, 15) is 4.79 Å². The number of halogens is 1. The van der Waals surface area contributed by atoms with Gasteiger partial charge in [-0.3, -0.25) is 4.98 Å². The van der Waals surface area contributed by atoms with Crippen molar-refractivity contribution in [2.45, 2.75) is 26.4 Å². The molecule has 2 saturated heterocycles. The minimum atomic E-state index is -0.428. The van der Waals surface area contributed by atoms with Crippen LogP contribution in [0, 0.1) is 11.8 Å². The van der Waals surface area contributed by atoms with Crippen molar-refractivity contribution in [3.05, 3.63) is 22.9 Å². The van der Waals surface area contributed by atoms with Crippen LogP contribution < -0.4 is 4.90 Å². The first-order valence-electron chi connectivity index (χ1n) is 7.65. The van der Waals surface area contributed by atoms with Crippen molar-refractivity contribution in [1.82, 2.24) is 9.88 Å². The molecule has 2 aliphatic rings. The molecule has 0 aromatic carbocycles. The molecule has 0 radical (unpaired) electrons. The molecule has 0 bridgehead atoms. The van der Waals surface area contributed by atoms with Crippen molar-refractivity contribution in [3.8, 4) is 0 Å². The first-order chi connectivity index (χ1) is 10.3. The van der Waals surface area contributed by atoms with Crippen LogP contribution in [0.25, 0.3) is 0 Å². The Labute approximate surface area is 139 Å². The van der Waals surface area contributed by atoms with Crippen LogP contribution in [0.5, 0.6) is 0 Å². The van der Waals surface area contributed by atoms with Crippen LogP contribution in [0.3, 0.4) is 0 Å². The van der Waals surface area contributed by atoms with Gasteiger partial charge in [0.2, 0.25) is 0 Å². The van der Waals surface area contributed by atoms with Gasteiger partial charge in [-0.2, -0.15) is 0 Å². The molecule has 3 rings (SSSR count). The molecule has 3 heterocycles. The summed E-state index contributed by atoms with van der Waals surface area (Å²) in [4.78, 5) is 20.6. The molecule has 2 aliphatic heterocycles.